The first-order valence-electron chi connectivity index (χ1n) is 6.66. The zero-order valence-corrected chi connectivity index (χ0v) is 11.0. The molecule has 5 heteroatoms. The first-order valence-corrected chi connectivity index (χ1v) is 6.66. The largest absolute Gasteiger partial charge is 0.326 e. The quantitative estimate of drug-likeness (QED) is 0.487. The molecule has 0 saturated heterocycles. The van der Waals surface area contributed by atoms with E-state index in [1.54, 1.807) is 24.3 Å². The molecule has 0 aliphatic heterocycles. The number of nitrogens with one attached hydrogen (secondary N) is 1. The molecule has 0 heterocycles. The van der Waals surface area contributed by atoms with E-state index in [1.165, 1.54) is 6.42 Å². The SMILES string of the molecule is CC1CCCCC1C(=O)Nc1ccc(N=[N+]=[N-])cc1. The summed E-state index contributed by atoms with van der Waals surface area (Å²) < 4.78 is 0. The van der Waals surface area contributed by atoms with Gasteiger partial charge in [-0.15, -0.1) is 0 Å². The molecule has 1 saturated carbocycles. The van der Waals surface area contributed by atoms with Gasteiger partial charge in [0, 0.05) is 22.2 Å². The highest BCUT2D eigenvalue weighted by Crippen LogP contribution is 2.30. The monoisotopic (exact) mass is 258 g/mol. The Balaban J connectivity index is 1.99. The van der Waals surface area contributed by atoms with Crippen molar-refractivity contribution in [3.8, 4) is 0 Å². The van der Waals surface area contributed by atoms with Gasteiger partial charge in [-0.3, -0.25) is 4.79 Å². The summed E-state index contributed by atoms with van der Waals surface area (Å²) in [4.78, 5) is 14.9. The molecular formula is C14H18N4O. The number of carbonyl (C=O) groups is 1. The predicted molar refractivity (Wildman–Crippen MR) is 75.0 cm³/mol. The van der Waals surface area contributed by atoms with Crippen molar-refractivity contribution in [2.75, 3.05) is 5.32 Å². The molecule has 1 aliphatic rings. The molecule has 1 N–H and O–H groups in total. The van der Waals surface area contributed by atoms with Crippen LogP contribution >= 0.6 is 0 Å². The lowest BCUT2D eigenvalue weighted by atomic mass is 9.80. The minimum Gasteiger partial charge on any atom is -0.326 e. The van der Waals surface area contributed by atoms with Crippen LogP contribution in [-0.4, -0.2) is 5.91 Å². The minimum atomic E-state index is 0.101. The van der Waals surface area contributed by atoms with Gasteiger partial charge >= 0.3 is 0 Å². The topological polar surface area (TPSA) is 77.9 Å². The van der Waals surface area contributed by atoms with Crippen molar-refractivity contribution in [1.29, 1.82) is 0 Å². The van der Waals surface area contributed by atoms with E-state index >= 15 is 0 Å². The Morgan fingerprint density at radius 1 is 1.32 bits per heavy atom. The van der Waals surface area contributed by atoms with E-state index in [0.717, 1.165) is 24.9 Å². The normalized spacial score (nSPS) is 22.4. The van der Waals surface area contributed by atoms with E-state index < -0.39 is 0 Å². The molecule has 0 aromatic heterocycles. The van der Waals surface area contributed by atoms with Crippen LogP contribution in [0.5, 0.6) is 0 Å². The molecule has 1 amide bonds. The Kier molecular flexibility index (Phi) is 4.42. The lowest BCUT2D eigenvalue weighted by molar-refractivity contribution is -0.122. The first-order chi connectivity index (χ1) is 9.20. The molecule has 0 radical (unpaired) electrons. The number of azide groups is 1. The van der Waals surface area contributed by atoms with E-state index in [-0.39, 0.29) is 11.8 Å². The summed E-state index contributed by atoms with van der Waals surface area (Å²) in [5.74, 6) is 0.672. The highest BCUT2D eigenvalue weighted by atomic mass is 16.1. The fourth-order valence-electron chi connectivity index (χ4n) is 2.60. The third-order valence-corrected chi connectivity index (χ3v) is 3.74. The highest BCUT2D eigenvalue weighted by molar-refractivity contribution is 5.92. The van der Waals surface area contributed by atoms with Crippen molar-refractivity contribution in [2.24, 2.45) is 17.0 Å². The van der Waals surface area contributed by atoms with E-state index in [2.05, 4.69) is 22.3 Å². The summed E-state index contributed by atoms with van der Waals surface area (Å²) in [5, 5.41) is 6.43. The van der Waals surface area contributed by atoms with Crippen LogP contribution in [0.3, 0.4) is 0 Å². The Morgan fingerprint density at radius 3 is 2.63 bits per heavy atom. The molecule has 5 nitrogen and oxygen atoms in total. The van der Waals surface area contributed by atoms with Crippen LogP contribution in [0, 0.1) is 11.8 Å². The van der Waals surface area contributed by atoms with E-state index in [4.69, 9.17) is 5.53 Å². The van der Waals surface area contributed by atoms with Gasteiger partial charge in [0.15, 0.2) is 0 Å². The minimum absolute atomic E-state index is 0.101. The van der Waals surface area contributed by atoms with Crippen LogP contribution in [0.15, 0.2) is 29.4 Å². The van der Waals surface area contributed by atoms with Crippen molar-refractivity contribution >= 4 is 17.3 Å². The maximum absolute atomic E-state index is 12.2. The Labute approximate surface area is 112 Å². The van der Waals surface area contributed by atoms with Gasteiger partial charge in [0.25, 0.3) is 0 Å². The van der Waals surface area contributed by atoms with Crippen LogP contribution in [-0.2, 0) is 4.79 Å². The smallest absolute Gasteiger partial charge is 0.227 e. The first kappa shape index (κ1) is 13.4. The maximum atomic E-state index is 12.2. The fraction of sp³-hybridized carbons (Fsp3) is 0.500. The van der Waals surface area contributed by atoms with Gasteiger partial charge in [0.1, 0.15) is 0 Å². The number of anilines is 1. The van der Waals surface area contributed by atoms with Gasteiger partial charge < -0.3 is 5.32 Å². The molecular weight excluding hydrogens is 240 g/mol. The number of amides is 1. The van der Waals surface area contributed by atoms with Crippen molar-refractivity contribution in [3.63, 3.8) is 0 Å². The number of hydrogen-bond acceptors (Lipinski definition) is 2. The molecule has 19 heavy (non-hydrogen) atoms. The van der Waals surface area contributed by atoms with E-state index in [0.29, 0.717) is 11.6 Å². The van der Waals surface area contributed by atoms with Gasteiger partial charge in [-0.25, -0.2) is 0 Å². The van der Waals surface area contributed by atoms with Crippen molar-refractivity contribution in [3.05, 3.63) is 34.7 Å². The lowest BCUT2D eigenvalue weighted by Gasteiger charge is -2.27. The summed E-state index contributed by atoms with van der Waals surface area (Å²) in [6, 6.07) is 6.91. The highest BCUT2D eigenvalue weighted by Gasteiger charge is 2.27. The molecule has 100 valence electrons. The predicted octanol–water partition coefficient (Wildman–Crippen LogP) is 4.39. The number of nitrogens with zero attached hydrogens (tertiary/aromatic N) is 3. The molecule has 1 aromatic carbocycles. The average molecular weight is 258 g/mol. The second-order valence-corrected chi connectivity index (χ2v) is 5.09. The van der Waals surface area contributed by atoms with Gasteiger partial charge in [-0.05, 0) is 36.4 Å². The van der Waals surface area contributed by atoms with Crippen LogP contribution < -0.4 is 5.32 Å². The number of carbonyl (C=O) groups excluding carboxylic acids is 1. The van der Waals surface area contributed by atoms with Crippen LogP contribution in [0.2, 0.25) is 0 Å². The fourth-order valence-corrected chi connectivity index (χ4v) is 2.60. The Hall–Kier alpha value is -2.00. The molecule has 0 spiro atoms. The zero-order valence-electron chi connectivity index (χ0n) is 11.0. The summed E-state index contributed by atoms with van der Waals surface area (Å²) in [6.07, 6.45) is 4.47. The molecule has 2 unspecified atom stereocenters. The van der Waals surface area contributed by atoms with Crippen LogP contribution in [0.4, 0.5) is 11.4 Å². The van der Waals surface area contributed by atoms with Gasteiger partial charge in [-0.2, -0.15) is 0 Å². The summed E-state index contributed by atoms with van der Waals surface area (Å²) in [5.41, 5.74) is 9.62. The standard InChI is InChI=1S/C14H18N4O/c1-10-4-2-3-5-13(10)14(19)16-11-6-8-12(9-7-11)17-18-15/h6-10,13H,2-5H2,1H3,(H,16,19). The second-order valence-electron chi connectivity index (χ2n) is 5.09. The Morgan fingerprint density at radius 2 is 2.00 bits per heavy atom. The molecule has 2 atom stereocenters. The average Bonchev–Trinajstić information content (AvgIpc) is 2.42. The Bertz CT molecular complexity index is 491. The van der Waals surface area contributed by atoms with Crippen molar-refractivity contribution in [2.45, 2.75) is 32.6 Å². The lowest BCUT2D eigenvalue weighted by Crippen LogP contribution is -2.30. The van der Waals surface area contributed by atoms with Gasteiger partial charge in [0.2, 0.25) is 5.91 Å². The molecule has 0 bridgehead atoms. The third-order valence-electron chi connectivity index (χ3n) is 3.74. The molecule has 1 aromatic rings. The second kappa shape index (κ2) is 6.25. The molecule has 1 aliphatic carbocycles. The van der Waals surface area contributed by atoms with E-state index in [9.17, 15) is 4.79 Å². The summed E-state index contributed by atoms with van der Waals surface area (Å²) in [7, 11) is 0. The van der Waals surface area contributed by atoms with E-state index in [1.807, 2.05) is 0 Å². The number of hydrogen-bond donors (Lipinski definition) is 1. The number of benzene rings is 1. The molecule has 1 fully saturated rings. The van der Waals surface area contributed by atoms with Gasteiger partial charge in [-0.1, -0.05) is 37.0 Å². The third kappa shape index (κ3) is 3.48. The van der Waals surface area contributed by atoms with Crippen molar-refractivity contribution in [1.82, 2.24) is 0 Å². The number of rotatable bonds is 3. The van der Waals surface area contributed by atoms with Crippen molar-refractivity contribution < 1.29 is 4.79 Å². The maximum Gasteiger partial charge on any atom is 0.227 e. The van der Waals surface area contributed by atoms with Crippen LogP contribution in [0.1, 0.15) is 32.6 Å². The summed E-state index contributed by atoms with van der Waals surface area (Å²) >= 11 is 0. The van der Waals surface area contributed by atoms with Crippen LogP contribution in [0.25, 0.3) is 10.4 Å². The summed E-state index contributed by atoms with van der Waals surface area (Å²) in [6.45, 7) is 2.15. The van der Waals surface area contributed by atoms with Gasteiger partial charge in [0.05, 0.1) is 0 Å². The zero-order chi connectivity index (χ0) is 13.7. The molecule has 2 rings (SSSR count).